The van der Waals surface area contributed by atoms with E-state index in [1.165, 1.54) is 19.3 Å². The molecule has 0 saturated heterocycles. The highest BCUT2D eigenvalue weighted by Crippen LogP contribution is 2.26. The minimum atomic E-state index is 0.00698. The maximum Gasteiger partial charge on any atom is 0.308 e. The number of nitrogens with one attached hydrogen (secondary N) is 1. The molecule has 0 spiro atoms. The Morgan fingerprint density at radius 2 is 2.17 bits per heavy atom. The summed E-state index contributed by atoms with van der Waals surface area (Å²) < 4.78 is 5.14. The van der Waals surface area contributed by atoms with Crippen molar-refractivity contribution in [3.05, 3.63) is 12.2 Å². The third-order valence-electron chi connectivity index (χ3n) is 4.03. The van der Waals surface area contributed by atoms with Crippen LogP contribution in [0.3, 0.4) is 0 Å². The minimum absolute atomic E-state index is 0.00698. The fourth-order valence-electron chi connectivity index (χ4n) is 3.09. The Morgan fingerprint density at radius 1 is 1.28 bits per heavy atom. The van der Waals surface area contributed by atoms with E-state index in [4.69, 9.17) is 4.74 Å². The van der Waals surface area contributed by atoms with E-state index >= 15 is 0 Å². The summed E-state index contributed by atoms with van der Waals surface area (Å²) in [5, 5.41) is 3.73. The molecule has 2 rings (SSSR count). The third kappa shape index (κ3) is 3.84. The van der Waals surface area contributed by atoms with E-state index in [1.54, 1.807) is 0 Å². The summed E-state index contributed by atoms with van der Waals surface area (Å²) in [6.45, 7) is 2.38. The Bertz CT molecular complexity index is 301. The summed E-state index contributed by atoms with van der Waals surface area (Å²) in [6, 6.07) is 1.12. The number of rotatable bonds is 4. The summed E-state index contributed by atoms with van der Waals surface area (Å²) in [4.78, 5) is 11.8. The maximum atomic E-state index is 11.8. The lowest BCUT2D eigenvalue weighted by atomic mass is 9.85. The van der Waals surface area contributed by atoms with Crippen LogP contribution in [0.1, 0.15) is 51.9 Å². The molecule has 2 aliphatic rings. The van der Waals surface area contributed by atoms with Gasteiger partial charge in [0.2, 0.25) is 0 Å². The van der Waals surface area contributed by atoms with Crippen molar-refractivity contribution in [1.82, 2.24) is 5.32 Å². The molecule has 0 aromatic carbocycles. The SMILES string of the molecule is CCOC(=O)C1CCCC(NC2CC=CCC2)C1. The average molecular weight is 251 g/mol. The first-order valence-electron chi connectivity index (χ1n) is 7.37. The molecule has 3 atom stereocenters. The van der Waals surface area contributed by atoms with Crippen LogP contribution < -0.4 is 5.32 Å². The molecule has 1 saturated carbocycles. The largest absolute Gasteiger partial charge is 0.466 e. The number of esters is 1. The predicted molar refractivity (Wildman–Crippen MR) is 72.3 cm³/mol. The van der Waals surface area contributed by atoms with E-state index in [0.29, 0.717) is 18.7 Å². The van der Waals surface area contributed by atoms with Gasteiger partial charge in [0.25, 0.3) is 0 Å². The highest BCUT2D eigenvalue weighted by atomic mass is 16.5. The number of carbonyl (C=O) groups excluding carboxylic acids is 1. The van der Waals surface area contributed by atoms with E-state index in [9.17, 15) is 4.79 Å². The van der Waals surface area contributed by atoms with Gasteiger partial charge in [0.1, 0.15) is 0 Å². The van der Waals surface area contributed by atoms with Crippen LogP contribution in [0.2, 0.25) is 0 Å². The Balaban J connectivity index is 1.79. The van der Waals surface area contributed by atoms with Crippen molar-refractivity contribution in [2.45, 2.75) is 64.0 Å². The molecule has 0 aromatic heterocycles. The first kappa shape index (κ1) is 13.6. The quantitative estimate of drug-likeness (QED) is 0.617. The van der Waals surface area contributed by atoms with Crippen LogP contribution in [0.15, 0.2) is 12.2 Å². The highest BCUT2D eigenvalue weighted by Gasteiger charge is 2.29. The summed E-state index contributed by atoms with van der Waals surface area (Å²) >= 11 is 0. The molecule has 0 radical (unpaired) electrons. The zero-order valence-corrected chi connectivity index (χ0v) is 11.4. The molecule has 3 unspecified atom stereocenters. The molecule has 0 bridgehead atoms. The number of hydrogen-bond donors (Lipinski definition) is 1. The fraction of sp³-hybridized carbons (Fsp3) is 0.800. The van der Waals surface area contributed by atoms with E-state index in [0.717, 1.165) is 25.7 Å². The smallest absolute Gasteiger partial charge is 0.308 e. The molecule has 0 heterocycles. The lowest BCUT2D eigenvalue weighted by Crippen LogP contribution is -2.42. The number of carbonyl (C=O) groups is 1. The van der Waals surface area contributed by atoms with Gasteiger partial charge in [-0.05, 0) is 45.4 Å². The van der Waals surface area contributed by atoms with E-state index in [-0.39, 0.29) is 11.9 Å². The normalized spacial score (nSPS) is 32.2. The van der Waals surface area contributed by atoms with E-state index < -0.39 is 0 Å². The second-order valence-electron chi connectivity index (χ2n) is 5.46. The van der Waals surface area contributed by atoms with Crippen LogP contribution in [0.5, 0.6) is 0 Å². The van der Waals surface area contributed by atoms with Crippen molar-refractivity contribution in [2.75, 3.05) is 6.61 Å². The topological polar surface area (TPSA) is 38.3 Å². The van der Waals surface area contributed by atoms with Crippen molar-refractivity contribution >= 4 is 5.97 Å². The zero-order valence-electron chi connectivity index (χ0n) is 11.4. The second kappa shape index (κ2) is 6.93. The molecule has 3 heteroatoms. The lowest BCUT2D eigenvalue weighted by molar-refractivity contribution is -0.149. The molecule has 1 N–H and O–H groups in total. The molecule has 0 aliphatic heterocycles. The summed E-state index contributed by atoms with van der Waals surface area (Å²) in [7, 11) is 0. The van der Waals surface area contributed by atoms with Crippen LogP contribution in [-0.4, -0.2) is 24.7 Å². The third-order valence-corrected chi connectivity index (χ3v) is 4.03. The van der Waals surface area contributed by atoms with Gasteiger partial charge >= 0.3 is 5.97 Å². The standard InChI is InChI=1S/C15H25NO2/c1-2-18-15(17)12-7-6-10-14(11-12)16-13-8-4-3-5-9-13/h3-4,12-14,16H,2,5-11H2,1H3. The van der Waals surface area contributed by atoms with Gasteiger partial charge in [-0.15, -0.1) is 0 Å². The predicted octanol–water partition coefficient (Wildman–Crippen LogP) is 2.81. The lowest BCUT2D eigenvalue weighted by Gasteiger charge is -2.32. The molecule has 0 aromatic rings. The van der Waals surface area contributed by atoms with Gasteiger partial charge in [0.15, 0.2) is 0 Å². The number of ether oxygens (including phenoxy) is 1. The minimum Gasteiger partial charge on any atom is -0.466 e. The van der Waals surface area contributed by atoms with Crippen LogP contribution in [-0.2, 0) is 9.53 Å². The Hall–Kier alpha value is -0.830. The fourth-order valence-corrected chi connectivity index (χ4v) is 3.09. The van der Waals surface area contributed by atoms with Crippen molar-refractivity contribution in [3.8, 4) is 0 Å². The van der Waals surface area contributed by atoms with Crippen molar-refractivity contribution in [1.29, 1.82) is 0 Å². The average Bonchev–Trinajstić information content (AvgIpc) is 2.40. The molecule has 2 aliphatic carbocycles. The van der Waals surface area contributed by atoms with Crippen LogP contribution in [0, 0.1) is 5.92 Å². The highest BCUT2D eigenvalue weighted by molar-refractivity contribution is 5.72. The van der Waals surface area contributed by atoms with Crippen molar-refractivity contribution in [2.24, 2.45) is 5.92 Å². The molecule has 3 nitrogen and oxygen atoms in total. The van der Waals surface area contributed by atoms with Gasteiger partial charge in [-0.2, -0.15) is 0 Å². The van der Waals surface area contributed by atoms with Gasteiger partial charge in [-0.1, -0.05) is 18.6 Å². The summed E-state index contributed by atoms with van der Waals surface area (Å²) in [6.07, 6.45) is 12.4. The first-order chi connectivity index (χ1) is 8.79. The van der Waals surface area contributed by atoms with E-state index in [1.807, 2.05) is 6.92 Å². The first-order valence-corrected chi connectivity index (χ1v) is 7.37. The van der Waals surface area contributed by atoms with Gasteiger partial charge in [-0.3, -0.25) is 4.79 Å². The monoisotopic (exact) mass is 251 g/mol. The van der Waals surface area contributed by atoms with E-state index in [2.05, 4.69) is 17.5 Å². The number of hydrogen-bond acceptors (Lipinski definition) is 3. The van der Waals surface area contributed by atoms with Gasteiger partial charge in [-0.25, -0.2) is 0 Å². The van der Waals surface area contributed by atoms with Crippen LogP contribution in [0.4, 0.5) is 0 Å². The summed E-state index contributed by atoms with van der Waals surface area (Å²) in [5.74, 6) is 0.128. The van der Waals surface area contributed by atoms with Crippen molar-refractivity contribution < 1.29 is 9.53 Å². The van der Waals surface area contributed by atoms with Crippen molar-refractivity contribution in [3.63, 3.8) is 0 Å². The Kier molecular flexibility index (Phi) is 5.24. The molecule has 102 valence electrons. The van der Waals surface area contributed by atoms with Gasteiger partial charge in [0, 0.05) is 12.1 Å². The summed E-state index contributed by atoms with van der Waals surface area (Å²) in [5.41, 5.74) is 0. The molecular weight excluding hydrogens is 226 g/mol. The Morgan fingerprint density at radius 3 is 2.89 bits per heavy atom. The van der Waals surface area contributed by atoms with Gasteiger partial charge < -0.3 is 10.1 Å². The second-order valence-corrected chi connectivity index (χ2v) is 5.46. The molecular formula is C15H25NO2. The van der Waals surface area contributed by atoms with Crippen LogP contribution in [0.25, 0.3) is 0 Å². The van der Waals surface area contributed by atoms with Crippen LogP contribution >= 0.6 is 0 Å². The zero-order chi connectivity index (χ0) is 12.8. The molecule has 0 amide bonds. The number of allylic oxidation sites excluding steroid dienone is 1. The molecule has 1 fully saturated rings. The Labute approximate surface area is 110 Å². The van der Waals surface area contributed by atoms with Gasteiger partial charge in [0.05, 0.1) is 12.5 Å². The molecule has 18 heavy (non-hydrogen) atoms. The maximum absolute atomic E-state index is 11.8.